The van der Waals surface area contributed by atoms with E-state index in [9.17, 15) is 0 Å². The number of aromatic nitrogens is 4. The SMILES string of the molecule is c1ncc2[nH]c(NC3CCCNCC3)nc2n1. The second kappa shape index (κ2) is 4.67. The van der Waals surface area contributed by atoms with Gasteiger partial charge in [0.25, 0.3) is 0 Å². The lowest BCUT2D eigenvalue weighted by Crippen LogP contribution is -2.22. The van der Waals surface area contributed by atoms with Crippen molar-refractivity contribution in [2.45, 2.75) is 25.3 Å². The van der Waals surface area contributed by atoms with Crippen LogP contribution in [0.4, 0.5) is 5.95 Å². The fourth-order valence-electron chi connectivity index (χ4n) is 2.19. The van der Waals surface area contributed by atoms with Gasteiger partial charge in [-0.2, -0.15) is 4.98 Å². The highest BCUT2D eigenvalue weighted by Crippen LogP contribution is 2.14. The van der Waals surface area contributed by atoms with Crippen LogP contribution < -0.4 is 10.6 Å². The number of hydrogen-bond donors (Lipinski definition) is 3. The molecule has 1 fully saturated rings. The predicted octanol–water partition coefficient (Wildman–Crippen LogP) is 0.907. The van der Waals surface area contributed by atoms with E-state index in [2.05, 4.69) is 30.6 Å². The van der Waals surface area contributed by atoms with Crippen molar-refractivity contribution in [1.82, 2.24) is 25.3 Å². The Kier molecular flexibility index (Phi) is 2.87. The van der Waals surface area contributed by atoms with Gasteiger partial charge in [-0.1, -0.05) is 0 Å². The summed E-state index contributed by atoms with van der Waals surface area (Å²) >= 11 is 0. The second-order valence-electron chi connectivity index (χ2n) is 4.37. The molecule has 6 heteroatoms. The number of fused-ring (bicyclic) bond motifs is 1. The van der Waals surface area contributed by atoms with E-state index in [1.165, 1.54) is 19.2 Å². The summed E-state index contributed by atoms with van der Waals surface area (Å²) in [4.78, 5) is 15.7. The molecule has 3 rings (SSSR count). The Balaban J connectivity index is 1.75. The maximum atomic E-state index is 4.40. The Labute approximate surface area is 99.3 Å². The lowest BCUT2D eigenvalue weighted by Gasteiger charge is -2.14. The van der Waals surface area contributed by atoms with Crippen LogP contribution >= 0.6 is 0 Å². The van der Waals surface area contributed by atoms with Crippen LogP contribution in [0.5, 0.6) is 0 Å². The van der Waals surface area contributed by atoms with Crippen LogP contribution in [0.15, 0.2) is 12.5 Å². The van der Waals surface area contributed by atoms with Crippen LogP contribution in [-0.4, -0.2) is 39.1 Å². The lowest BCUT2D eigenvalue weighted by molar-refractivity contribution is 0.633. The minimum atomic E-state index is 0.485. The molecule has 1 aliphatic rings. The van der Waals surface area contributed by atoms with E-state index in [0.29, 0.717) is 11.7 Å². The third-order valence-corrected chi connectivity index (χ3v) is 3.08. The summed E-state index contributed by atoms with van der Waals surface area (Å²) in [6.45, 7) is 2.18. The molecule has 0 bridgehead atoms. The Morgan fingerprint density at radius 3 is 3.24 bits per heavy atom. The smallest absolute Gasteiger partial charge is 0.202 e. The van der Waals surface area contributed by atoms with E-state index in [1.807, 2.05) is 0 Å². The molecule has 0 spiro atoms. The molecule has 0 amide bonds. The summed E-state index contributed by atoms with van der Waals surface area (Å²) in [5.74, 6) is 0.799. The van der Waals surface area contributed by atoms with Crippen LogP contribution in [0.2, 0.25) is 0 Å². The largest absolute Gasteiger partial charge is 0.353 e. The van der Waals surface area contributed by atoms with Crippen LogP contribution in [0.3, 0.4) is 0 Å². The Morgan fingerprint density at radius 1 is 1.29 bits per heavy atom. The number of imidazole rings is 1. The highest BCUT2D eigenvalue weighted by atomic mass is 15.2. The average molecular weight is 232 g/mol. The standard InChI is InChI=1S/C11H16N6/c1-2-8(3-5-12-4-1)15-11-16-9-6-13-7-14-10(9)17-11/h6-8,12H,1-5H2,(H2,13,14,15,16,17). The second-order valence-corrected chi connectivity index (χ2v) is 4.37. The molecule has 3 N–H and O–H groups in total. The molecule has 1 unspecified atom stereocenters. The van der Waals surface area contributed by atoms with Gasteiger partial charge in [-0.3, -0.25) is 0 Å². The van der Waals surface area contributed by atoms with Crippen molar-refractivity contribution in [3.63, 3.8) is 0 Å². The number of aromatic amines is 1. The van der Waals surface area contributed by atoms with Gasteiger partial charge in [0.2, 0.25) is 5.95 Å². The topological polar surface area (TPSA) is 78.5 Å². The first-order valence-corrected chi connectivity index (χ1v) is 6.05. The first kappa shape index (κ1) is 10.5. The van der Waals surface area contributed by atoms with E-state index in [4.69, 9.17) is 0 Å². The summed E-state index contributed by atoms with van der Waals surface area (Å²) in [5.41, 5.74) is 1.59. The maximum absolute atomic E-state index is 4.40. The summed E-state index contributed by atoms with van der Waals surface area (Å²) in [6, 6.07) is 0.485. The van der Waals surface area contributed by atoms with Crippen molar-refractivity contribution in [2.24, 2.45) is 0 Å². The van der Waals surface area contributed by atoms with E-state index >= 15 is 0 Å². The number of anilines is 1. The third kappa shape index (κ3) is 2.36. The van der Waals surface area contributed by atoms with Crippen LogP contribution in [-0.2, 0) is 0 Å². The first-order chi connectivity index (χ1) is 8.42. The first-order valence-electron chi connectivity index (χ1n) is 6.05. The van der Waals surface area contributed by atoms with E-state index in [-0.39, 0.29) is 0 Å². The van der Waals surface area contributed by atoms with Gasteiger partial charge < -0.3 is 15.6 Å². The maximum Gasteiger partial charge on any atom is 0.202 e. The molecule has 90 valence electrons. The zero-order valence-corrected chi connectivity index (χ0v) is 9.61. The fraction of sp³-hybridized carbons (Fsp3) is 0.545. The molecule has 3 heterocycles. The summed E-state index contributed by atoms with van der Waals surface area (Å²) in [7, 11) is 0. The van der Waals surface area contributed by atoms with Gasteiger partial charge in [-0.15, -0.1) is 0 Å². The molecule has 0 aromatic carbocycles. The Hall–Kier alpha value is -1.69. The molecule has 1 aliphatic heterocycles. The molecule has 0 aliphatic carbocycles. The van der Waals surface area contributed by atoms with Gasteiger partial charge >= 0.3 is 0 Å². The van der Waals surface area contributed by atoms with Crippen molar-refractivity contribution < 1.29 is 0 Å². The molecular formula is C11H16N6. The van der Waals surface area contributed by atoms with Crippen LogP contribution in [0.1, 0.15) is 19.3 Å². The molecule has 6 nitrogen and oxygen atoms in total. The number of nitrogens with zero attached hydrogens (tertiary/aromatic N) is 3. The minimum absolute atomic E-state index is 0.485. The van der Waals surface area contributed by atoms with E-state index < -0.39 is 0 Å². The highest BCUT2D eigenvalue weighted by Gasteiger charge is 2.13. The monoisotopic (exact) mass is 232 g/mol. The number of rotatable bonds is 2. The minimum Gasteiger partial charge on any atom is -0.353 e. The van der Waals surface area contributed by atoms with Crippen LogP contribution in [0.25, 0.3) is 11.2 Å². The summed E-state index contributed by atoms with van der Waals surface area (Å²) in [6.07, 6.45) is 6.77. The fourth-order valence-corrected chi connectivity index (χ4v) is 2.19. The van der Waals surface area contributed by atoms with Crippen molar-refractivity contribution in [1.29, 1.82) is 0 Å². The third-order valence-electron chi connectivity index (χ3n) is 3.08. The van der Waals surface area contributed by atoms with Crippen molar-refractivity contribution >= 4 is 17.1 Å². The molecule has 2 aromatic rings. The van der Waals surface area contributed by atoms with Crippen molar-refractivity contribution in [2.75, 3.05) is 18.4 Å². The number of nitrogens with one attached hydrogen (secondary N) is 3. The van der Waals surface area contributed by atoms with Gasteiger partial charge in [-0.25, -0.2) is 9.97 Å². The van der Waals surface area contributed by atoms with Crippen LogP contribution in [0, 0.1) is 0 Å². The average Bonchev–Trinajstić information content (AvgIpc) is 2.57. The van der Waals surface area contributed by atoms with Crippen molar-refractivity contribution in [3.05, 3.63) is 12.5 Å². The zero-order chi connectivity index (χ0) is 11.5. The van der Waals surface area contributed by atoms with Gasteiger partial charge in [0, 0.05) is 6.04 Å². The van der Waals surface area contributed by atoms with Crippen molar-refractivity contribution in [3.8, 4) is 0 Å². The molecule has 1 atom stereocenters. The summed E-state index contributed by atoms with van der Waals surface area (Å²) in [5, 5.41) is 6.83. The van der Waals surface area contributed by atoms with E-state index in [0.717, 1.165) is 31.0 Å². The highest BCUT2D eigenvalue weighted by molar-refractivity contribution is 5.71. The molecule has 17 heavy (non-hydrogen) atoms. The van der Waals surface area contributed by atoms with Gasteiger partial charge in [0.1, 0.15) is 11.8 Å². The molecule has 1 saturated heterocycles. The molecule has 0 saturated carbocycles. The molecular weight excluding hydrogens is 216 g/mol. The number of hydrogen-bond acceptors (Lipinski definition) is 5. The van der Waals surface area contributed by atoms with Gasteiger partial charge in [0.15, 0.2) is 5.65 Å². The summed E-state index contributed by atoms with van der Waals surface area (Å²) < 4.78 is 0. The van der Waals surface area contributed by atoms with Gasteiger partial charge in [0.05, 0.1) is 6.20 Å². The zero-order valence-electron chi connectivity index (χ0n) is 9.61. The predicted molar refractivity (Wildman–Crippen MR) is 65.8 cm³/mol. The number of H-pyrrole nitrogens is 1. The Bertz CT molecular complexity index is 452. The molecule has 2 aromatic heterocycles. The van der Waals surface area contributed by atoms with Gasteiger partial charge in [-0.05, 0) is 32.4 Å². The quantitative estimate of drug-likeness (QED) is 0.717. The normalized spacial score (nSPS) is 21.3. The molecule has 0 radical (unpaired) electrons. The van der Waals surface area contributed by atoms with E-state index in [1.54, 1.807) is 6.20 Å². The lowest BCUT2D eigenvalue weighted by atomic mass is 10.1. The Morgan fingerprint density at radius 2 is 2.29 bits per heavy atom.